The minimum absolute atomic E-state index is 0.467. The number of benzene rings is 4. The second-order valence-corrected chi connectivity index (χ2v) is 10.4. The standard InChI is InChI=1S/C38H24N6/c1-4-12-25(13-5-1)30-24-33(38-43-36(28-16-8-3-9-17-28)42-37(44-38)32-18-10-11-23-39-32)41-35-29(30)21-19-27-20-22-31(40-34(27)35)26-14-6-2-7-15-26/h1-24H. The first kappa shape index (κ1) is 25.6. The molecule has 6 heteroatoms. The lowest BCUT2D eigenvalue weighted by Gasteiger charge is -2.13. The molecule has 4 aromatic heterocycles. The van der Waals surface area contributed by atoms with E-state index in [1.807, 2.05) is 84.9 Å². The van der Waals surface area contributed by atoms with Gasteiger partial charge in [-0.3, -0.25) is 4.98 Å². The maximum atomic E-state index is 5.23. The number of nitrogens with zero attached hydrogens (tertiary/aromatic N) is 6. The van der Waals surface area contributed by atoms with Crippen molar-refractivity contribution in [1.82, 2.24) is 29.9 Å². The van der Waals surface area contributed by atoms with Gasteiger partial charge in [0.25, 0.3) is 0 Å². The van der Waals surface area contributed by atoms with E-state index in [9.17, 15) is 0 Å². The van der Waals surface area contributed by atoms with E-state index in [2.05, 4.69) is 59.6 Å². The molecular formula is C38H24N6. The van der Waals surface area contributed by atoms with Crippen molar-refractivity contribution in [2.45, 2.75) is 0 Å². The van der Waals surface area contributed by atoms with E-state index in [-0.39, 0.29) is 0 Å². The highest BCUT2D eigenvalue weighted by atomic mass is 15.1. The molecule has 6 nitrogen and oxygen atoms in total. The van der Waals surface area contributed by atoms with Gasteiger partial charge < -0.3 is 0 Å². The first-order valence-corrected chi connectivity index (χ1v) is 14.4. The van der Waals surface area contributed by atoms with E-state index in [0.717, 1.165) is 49.8 Å². The molecule has 206 valence electrons. The van der Waals surface area contributed by atoms with Gasteiger partial charge in [0, 0.05) is 28.1 Å². The molecule has 0 aliphatic rings. The van der Waals surface area contributed by atoms with Crippen LogP contribution in [0.2, 0.25) is 0 Å². The first-order valence-electron chi connectivity index (χ1n) is 14.4. The molecule has 0 N–H and O–H groups in total. The summed E-state index contributed by atoms with van der Waals surface area (Å²) in [6.07, 6.45) is 1.74. The summed E-state index contributed by atoms with van der Waals surface area (Å²) >= 11 is 0. The van der Waals surface area contributed by atoms with E-state index in [0.29, 0.717) is 28.9 Å². The van der Waals surface area contributed by atoms with Crippen molar-refractivity contribution in [3.63, 3.8) is 0 Å². The Labute approximate surface area is 253 Å². The lowest BCUT2D eigenvalue weighted by Crippen LogP contribution is -2.02. The molecule has 0 radical (unpaired) electrons. The number of hydrogen-bond donors (Lipinski definition) is 0. The average molecular weight is 565 g/mol. The summed E-state index contributed by atoms with van der Waals surface area (Å²) in [5.74, 6) is 1.51. The normalized spacial score (nSPS) is 11.2. The molecule has 0 amide bonds. The molecule has 0 unspecified atom stereocenters. The van der Waals surface area contributed by atoms with Crippen LogP contribution in [-0.4, -0.2) is 29.9 Å². The highest BCUT2D eigenvalue weighted by Crippen LogP contribution is 2.35. The van der Waals surface area contributed by atoms with Crippen molar-refractivity contribution in [3.8, 4) is 56.8 Å². The van der Waals surface area contributed by atoms with Crippen LogP contribution in [0, 0.1) is 0 Å². The smallest absolute Gasteiger partial charge is 0.182 e. The van der Waals surface area contributed by atoms with E-state index in [1.165, 1.54) is 0 Å². The Morgan fingerprint density at radius 1 is 0.364 bits per heavy atom. The van der Waals surface area contributed by atoms with Crippen molar-refractivity contribution >= 4 is 21.8 Å². The maximum Gasteiger partial charge on any atom is 0.182 e. The van der Waals surface area contributed by atoms with Crippen molar-refractivity contribution in [3.05, 3.63) is 146 Å². The van der Waals surface area contributed by atoms with Crippen molar-refractivity contribution in [2.75, 3.05) is 0 Å². The lowest BCUT2D eigenvalue weighted by atomic mass is 9.98. The molecule has 4 aromatic carbocycles. The number of pyridine rings is 3. The number of rotatable bonds is 5. The van der Waals surface area contributed by atoms with Gasteiger partial charge in [-0.05, 0) is 35.4 Å². The molecule has 0 saturated heterocycles. The van der Waals surface area contributed by atoms with Gasteiger partial charge in [0.05, 0.1) is 16.7 Å². The maximum absolute atomic E-state index is 5.23. The third-order valence-electron chi connectivity index (χ3n) is 7.58. The molecule has 0 aliphatic heterocycles. The molecule has 0 atom stereocenters. The fraction of sp³-hybridized carbons (Fsp3) is 0. The predicted molar refractivity (Wildman–Crippen MR) is 175 cm³/mol. The molecule has 0 spiro atoms. The lowest BCUT2D eigenvalue weighted by molar-refractivity contribution is 1.05. The Kier molecular flexibility index (Phi) is 6.35. The van der Waals surface area contributed by atoms with Crippen LogP contribution in [0.1, 0.15) is 0 Å². The molecule has 8 rings (SSSR count). The molecule has 0 bridgehead atoms. The van der Waals surface area contributed by atoms with Crippen molar-refractivity contribution in [2.24, 2.45) is 0 Å². The molecule has 4 heterocycles. The number of aromatic nitrogens is 6. The fourth-order valence-electron chi connectivity index (χ4n) is 5.43. The van der Waals surface area contributed by atoms with Crippen molar-refractivity contribution in [1.29, 1.82) is 0 Å². The summed E-state index contributed by atoms with van der Waals surface area (Å²) in [5, 5.41) is 2.02. The van der Waals surface area contributed by atoms with Crippen LogP contribution < -0.4 is 0 Å². The van der Waals surface area contributed by atoms with Gasteiger partial charge in [0.1, 0.15) is 11.4 Å². The van der Waals surface area contributed by atoms with Gasteiger partial charge in [-0.25, -0.2) is 24.9 Å². The van der Waals surface area contributed by atoms with E-state index in [4.69, 9.17) is 24.9 Å². The van der Waals surface area contributed by atoms with Crippen LogP contribution >= 0.6 is 0 Å². The van der Waals surface area contributed by atoms with Gasteiger partial charge in [-0.2, -0.15) is 0 Å². The molecule has 0 saturated carbocycles. The van der Waals surface area contributed by atoms with E-state index < -0.39 is 0 Å². The Bertz CT molecular complexity index is 2200. The summed E-state index contributed by atoms with van der Waals surface area (Å²) < 4.78 is 0. The number of hydrogen-bond acceptors (Lipinski definition) is 6. The first-order chi connectivity index (χ1) is 21.8. The zero-order valence-electron chi connectivity index (χ0n) is 23.5. The van der Waals surface area contributed by atoms with Gasteiger partial charge >= 0.3 is 0 Å². The van der Waals surface area contributed by atoms with Gasteiger partial charge in [-0.1, -0.05) is 115 Å². The summed E-state index contributed by atoms with van der Waals surface area (Å²) in [7, 11) is 0. The molecule has 44 heavy (non-hydrogen) atoms. The van der Waals surface area contributed by atoms with E-state index >= 15 is 0 Å². The van der Waals surface area contributed by atoms with Crippen LogP contribution in [0.3, 0.4) is 0 Å². The Morgan fingerprint density at radius 3 is 1.66 bits per heavy atom. The van der Waals surface area contributed by atoms with Gasteiger partial charge in [0.15, 0.2) is 17.5 Å². The van der Waals surface area contributed by atoms with Crippen LogP contribution in [0.25, 0.3) is 78.6 Å². The highest BCUT2D eigenvalue weighted by Gasteiger charge is 2.18. The zero-order valence-corrected chi connectivity index (χ0v) is 23.5. The third kappa shape index (κ3) is 4.74. The molecule has 0 fully saturated rings. The van der Waals surface area contributed by atoms with E-state index in [1.54, 1.807) is 6.20 Å². The quantitative estimate of drug-likeness (QED) is 0.195. The molecule has 0 aliphatic carbocycles. The zero-order chi connectivity index (χ0) is 29.3. The topological polar surface area (TPSA) is 77.3 Å². The largest absolute Gasteiger partial charge is 0.253 e. The van der Waals surface area contributed by atoms with Gasteiger partial charge in [0.2, 0.25) is 0 Å². The Hall–Kier alpha value is -6.14. The second-order valence-electron chi connectivity index (χ2n) is 10.4. The summed E-state index contributed by atoms with van der Waals surface area (Å²) in [5.41, 5.74) is 7.84. The highest BCUT2D eigenvalue weighted by molar-refractivity contribution is 6.09. The van der Waals surface area contributed by atoms with Crippen molar-refractivity contribution < 1.29 is 0 Å². The second kappa shape index (κ2) is 10.9. The summed E-state index contributed by atoms with van der Waals surface area (Å²) in [6.45, 7) is 0. The van der Waals surface area contributed by atoms with Crippen LogP contribution in [0.15, 0.2) is 146 Å². The fourth-order valence-corrected chi connectivity index (χ4v) is 5.43. The Balaban J connectivity index is 1.42. The summed E-state index contributed by atoms with van der Waals surface area (Å²) in [6, 6.07) is 46.6. The molecular weight excluding hydrogens is 540 g/mol. The predicted octanol–water partition coefficient (Wildman–Crippen LogP) is 8.70. The van der Waals surface area contributed by atoms with Crippen LogP contribution in [0.4, 0.5) is 0 Å². The summed E-state index contributed by atoms with van der Waals surface area (Å²) in [4.78, 5) is 29.6. The third-order valence-corrected chi connectivity index (χ3v) is 7.58. The van der Waals surface area contributed by atoms with Crippen LogP contribution in [-0.2, 0) is 0 Å². The molecule has 8 aromatic rings. The monoisotopic (exact) mass is 564 g/mol. The minimum atomic E-state index is 0.467. The van der Waals surface area contributed by atoms with Gasteiger partial charge in [-0.15, -0.1) is 0 Å². The average Bonchev–Trinajstić information content (AvgIpc) is 3.12. The van der Waals surface area contributed by atoms with Crippen LogP contribution in [0.5, 0.6) is 0 Å². The Morgan fingerprint density at radius 2 is 0.955 bits per heavy atom. The number of fused-ring (bicyclic) bond motifs is 3. The SMILES string of the molecule is c1ccc(-c2ccc3ccc4c(-c5ccccc5)cc(-c5nc(-c6ccccc6)nc(-c6ccccn6)n5)nc4c3n2)cc1. The minimum Gasteiger partial charge on any atom is -0.253 e.